The predicted molar refractivity (Wildman–Crippen MR) is 136 cm³/mol. The van der Waals surface area contributed by atoms with Gasteiger partial charge in [0.25, 0.3) is 0 Å². The number of rotatable bonds is 24. The summed E-state index contributed by atoms with van der Waals surface area (Å²) in [5.74, 6) is 1.72. The van der Waals surface area contributed by atoms with Gasteiger partial charge in [0.15, 0.2) is 0 Å². The molecule has 1 fully saturated rings. The molecule has 1 aliphatic rings. The highest BCUT2D eigenvalue weighted by atomic mass is 16.5. The van der Waals surface area contributed by atoms with Crippen LogP contribution in [0.2, 0.25) is 0 Å². The molecule has 1 N–H and O–H groups in total. The molecule has 0 bridgehead atoms. The molecule has 0 spiro atoms. The largest absolute Gasteiger partial charge is 0.379 e. The van der Waals surface area contributed by atoms with Crippen LogP contribution in [0.1, 0.15) is 130 Å². The van der Waals surface area contributed by atoms with Gasteiger partial charge in [-0.2, -0.15) is 0 Å². The molecule has 31 heavy (non-hydrogen) atoms. The van der Waals surface area contributed by atoms with Gasteiger partial charge in [0, 0.05) is 18.7 Å². The van der Waals surface area contributed by atoms with Crippen molar-refractivity contribution in [2.75, 3.05) is 33.0 Å². The van der Waals surface area contributed by atoms with Crippen LogP contribution in [-0.2, 0) is 9.47 Å². The van der Waals surface area contributed by atoms with E-state index in [4.69, 9.17) is 9.47 Å². The Balaban J connectivity index is 1.98. The molecule has 0 saturated heterocycles. The molecule has 0 amide bonds. The predicted octanol–water partition coefficient (Wildman–Crippen LogP) is 7.92. The number of hydrogen-bond acceptors (Lipinski definition) is 3. The monoisotopic (exact) mass is 439 g/mol. The highest BCUT2D eigenvalue weighted by Gasteiger charge is 2.45. The van der Waals surface area contributed by atoms with E-state index in [0.29, 0.717) is 5.54 Å². The van der Waals surface area contributed by atoms with Gasteiger partial charge < -0.3 is 14.8 Å². The zero-order valence-electron chi connectivity index (χ0n) is 21.8. The second kappa shape index (κ2) is 19.4. The fourth-order valence-electron chi connectivity index (χ4n) is 5.01. The molecular weight excluding hydrogens is 382 g/mol. The molecule has 3 heteroatoms. The van der Waals surface area contributed by atoms with E-state index in [2.05, 4.69) is 33.0 Å². The van der Waals surface area contributed by atoms with Gasteiger partial charge in [-0.15, -0.1) is 0 Å². The summed E-state index contributed by atoms with van der Waals surface area (Å²) in [5.41, 5.74) is 0.430. The van der Waals surface area contributed by atoms with Crippen molar-refractivity contribution in [2.45, 2.75) is 136 Å². The van der Waals surface area contributed by atoms with Crippen LogP contribution in [0.15, 0.2) is 0 Å². The SMILES string of the molecule is CCCCCCC(CCCCCC)CCCOCCOCCNC1(C(C)CCC)CC1. The maximum Gasteiger partial charge on any atom is 0.0701 e. The Hall–Kier alpha value is -0.120. The fraction of sp³-hybridized carbons (Fsp3) is 1.00. The van der Waals surface area contributed by atoms with Gasteiger partial charge in [0.2, 0.25) is 0 Å². The summed E-state index contributed by atoms with van der Waals surface area (Å²) in [6.45, 7) is 13.5. The first-order valence-corrected chi connectivity index (χ1v) is 14.1. The summed E-state index contributed by atoms with van der Waals surface area (Å²) in [6.07, 6.45) is 21.9. The normalized spacial score (nSPS) is 16.2. The summed E-state index contributed by atoms with van der Waals surface area (Å²) >= 11 is 0. The number of unbranched alkanes of at least 4 members (excludes halogenated alkanes) is 6. The van der Waals surface area contributed by atoms with E-state index in [1.165, 1.54) is 103 Å². The number of ether oxygens (including phenoxy) is 2. The Labute approximate surface area is 195 Å². The van der Waals surface area contributed by atoms with Crippen LogP contribution in [0.4, 0.5) is 0 Å². The van der Waals surface area contributed by atoms with E-state index in [9.17, 15) is 0 Å². The second-order valence-electron chi connectivity index (χ2n) is 10.2. The first kappa shape index (κ1) is 28.9. The highest BCUT2D eigenvalue weighted by molar-refractivity contribution is 5.05. The quantitative estimate of drug-likeness (QED) is 0.155. The molecule has 0 aromatic heterocycles. The van der Waals surface area contributed by atoms with Gasteiger partial charge in [-0.3, -0.25) is 0 Å². The van der Waals surface area contributed by atoms with Crippen LogP contribution in [0, 0.1) is 11.8 Å². The van der Waals surface area contributed by atoms with Crippen LogP contribution in [-0.4, -0.2) is 38.5 Å². The van der Waals surface area contributed by atoms with Crippen molar-refractivity contribution < 1.29 is 9.47 Å². The van der Waals surface area contributed by atoms with Gasteiger partial charge in [-0.05, 0) is 43.9 Å². The van der Waals surface area contributed by atoms with E-state index >= 15 is 0 Å². The second-order valence-corrected chi connectivity index (χ2v) is 10.2. The van der Waals surface area contributed by atoms with Crippen LogP contribution in [0.3, 0.4) is 0 Å². The van der Waals surface area contributed by atoms with Crippen molar-refractivity contribution in [1.82, 2.24) is 5.32 Å². The average Bonchev–Trinajstić information content (AvgIpc) is 3.56. The van der Waals surface area contributed by atoms with Crippen LogP contribution in [0.5, 0.6) is 0 Å². The van der Waals surface area contributed by atoms with Crippen molar-refractivity contribution in [3.63, 3.8) is 0 Å². The fourth-order valence-corrected chi connectivity index (χ4v) is 5.01. The van der Waals surface area contributed by atoms with Crippen LogP contribution in [0.25, 0.3) is 0 Å². The van der Waals surface area contributed by atoms with E-state index < -0.39 is 0 Å². The van der Waals surface area contributed by atoms with Crippen molar-refractivity contribution in [3.8, 4) is 0 Å². The molecule has 1 saturated carbocycles. The maximum absolute atomic E-state index is 5.85. The molecule has 3 nitrogen and oxygen atoms in total. The molecule has 0 radical (unpaired) electrons. The van der Waals surface area contributed by atoms with E-state index in [1.807, 2.05) is 0 Å². The molecule has 1 aliphatic carbocycles. The summed E-state index contributed by atoms with van der Waals surface area (Å²) in [7, 11) is 0. The van der Waals surface area contributed by atoms with Gasteiger partial charge in [0.1, 0.15) is 0 Å². The van der Waals surface area contributed by atoms with E-state index in [1.54, 1.807) is 0 Å². The van der Waals surface area contributed by atoms with Gasteiger partial charge in [0.05, 0.1) is 19.8 Å². The third kappa shape index (κ3) is 14.6. The summed E-state index contributed by atoms with van der Waals surface area (Å²) in [6, 6.07) is 0. The average molecular weight is 440 g/mol. The molecule has 0 heterocycles. The molecule has 1 rings (SSSR count). The zero-order valence-corrected chi connectivity index (χ0v) is 21.8. The Bertz CT molecular complexity index is 371. The topological polar surface area (TPSA) is 30.5 Å². The number of nitrogens with one attached hydrogen (secondary N) is 1. The Morgan fingerprint density at radius 2 is 1.23 bits per heavy atom. The standard InChI is InChI=1S/C28H57NO2/c1-5-8-10-12-16-27(17-13-11-9-6-2)18-14-22-30-24-25-31-23-21-29-28(19-20-28)26(4)15-7-3/h26-27,29H,5-25H2,1-4H3. The van der Waals surface area contributed by atoms with Crippen LogP contribution >= 0.6 is 0 Å². The van der Waals surface area contributed by atoms with Gasteiger partial charge >= 0.3 is 0 Å². The first-order chi connectivity index (χ1) is 15.2. The third-order valence-corrected chi connectivity index (χ3v) is 7.38. The summed E-state index contributed by atoms with van der Waals surface area (Å²) in [4.78, 5) is 0. The van der Waals surface area contributed by atoms with E-state index in [0.717, 1.165) is 44.8 Å². The summed E-state index contributed by atoms with van der Waals surface area (Å²) < 4.78 is 11.6. The zero-order chi connectivity index (χ0) is 22.6. The molecule has 0 aromatic rings. The van der Waals surface area contributed by atoms with Gasteiger partial charge in [-0.1, -0.05) is 98.3 Å². The number of hydrogen-bond donors (Lipinski definition) is 1. The molecule has 1 atom stereocenters. The molecule has 0 aliphatic heterocycles. The lowest BCUT2D eigenvalue weighted by Crippen LogP contribution is -2.39. The molecule has 0 aromatic carbocycles. The molecular formula is C28H57NO2. The highest BCUT2D eigenvalue weighted by Crippen LogP contribution is 2.43. The Kier molecular flexibility index (Phi) is 18.1. The van der Waals surface area contributed by atoms with Crippen molar-refractivity contribution in [2.24, 2.45) is 11.8 Å². The van der Waals surface area contributed by atoms with Crippen molar-refractivity contribution in [1.29, 1.82) is 0 Å². The van der Waals surface area contributed by atoms with E-state index in [-0.39, 0.29) is 0 Å². The summed E-state index contributed by atoms with van der Waals surface area (Å²) in [5, 5.41) is 3.76. The first-order valence-electron chi connectivity index (χ1n) is 14.1. The van der Waals surface area contributed by atoms with Crippen molar-refractivity contribution in [3.05, 3.63) is 0 Å². The molecule has 1 unspecified atom stereocenters. The minimum atomic E-state index is 0.430. The lowest BCUT2D eigenvalue weighted by Gasteiger charge is -2.24. The minimum Gasteiger partial charge on any atom is -0.379 e. The van der Waals surface area contributed by atoms with Gasteiger partial charge in [-0.25, -0.2) is 0 Å². The lowest BCUT2D eigenvalue weighted by atomic mass is 9.91. The van der Waals surface area contributed by atoms with Crippen molar-refractivity contribution >= 4 is 0 Å². The maximum atomic E-state index is 5.85. The third-order valence-electron chi connectivity index (χ3n) is 7.38. The van der Waals surface area contributed by atoms with Crippen LogP contribution < -0.4 is 5.32 Å². The Morgan fingerprint density at radius 3 is 1.77 bits per heavy atom. The smallest absolute Gasteiger partial charge is 0.0701 e. The minimum absolute atomic E-state index is 0.430. The molecule has 186 valence electrons. The lowest BCUT2D eigenvalue weighted by molar-refractivity contribution is 0.0447. The Morgan fingerprint density at radius 1 is 0.645 bits per heavy atom.